The van der Waals surface area contributed by atoms with Crippen LogP contribution in [0.25, 0.3) is 0 Å². The van der Waals surface area contributed by atoms with Gasteiger partial charge >= 0.3 is 0 Å². The van der Waals surface area contributed by atoms with Crippen LogP contribution in [0.3, 0.4) is 0 Å². The molecule has 4 rings (SSSR count). The number of hydrogen-bond acceptors (Lipinski definition) is 3. The van der Waals surface area contributed by atoms with E-state index in [1.54, 1.807) is 6.20 Å². The first kappa shape index (κ1) is 13.0. The number of aromatic nitrogens is 2. The zero-order valence-corrected chi connectivity index (χ0v) is 12.0. The van der Waals surface area contributed by atoms with Crippen molar-refractivity contribution in [1.82, 2.24) is 15.5 Å². The maximum atomic E-state index is 10.4. The van der Waals surface area contributed by atoms with E-state index in [0.717, 1.165) is 31.5 Å². The third kappa shape index (κ3) is 2.28. The molecule has 110 valence electrons. The van der Waals surface area contributed by atoms with E-state index in [9.17, 15) is 5.11 Å². The largest absolute Gasteiger partial charge is 0.393 e. The summed E-state index contributed by atoms with van der Waals surface area (Å²) in [4.78, 5) is 0. The predicted octanol–water partition coefficient (Wildman–Crippen LogP) is 1.98. The number of fused-ring (bicyclic) bond motifs is 4. The van der Waals surface area contributed by atoms with Gasteiger partial charge in [0.25, 0.3) is 0 Å². The molecule has 1 aromatic carbocycles. The molecule has 2 aromatic rings. The fourth-order valence-corrected chi connectivity index (χ4v) is 4.13. The molecule has 1 saturated carbocycles. The molecule has 2 aliphatic rings. The smallest absolute Gasteiger partial charge is 0.0586 e. The Morgan fingerprint density at radius 2 is 2.14 bits per heavy atom. The second kappa shape index (κ2) is 5.28. The second-order valence-electron chi connectivity index (χ2n) is 6.31. The highest BCUT2D eigenvalue weighted by molar-refractivity contribution is 5.36. The van der Waals surface area contributed by atoms with Gasteiger partial charge in [0.05, 0.1) is 6.10 Å². The summed E-state index contributed by atoms with van der Waals surface area (Å²) in [5, 5.41) is 21.1. The standard InChI is InChI=1S/C17H21N3O/c21-16-6-5-14-13-4-2-1-3-11(13)9-15(16)17(14)18-10-12-7-8-19-20-12/h1-4,7-8,14-18,21H,5-6,9-10H2,(H,19,20). The number of H-pyrrole nitrogens is 1. The van der Waals surface area contributed by atoms with Crippen LogP contribution in [-0.2, 0) is 13.0 Å². The molecular formula is C17H21N3O. The number of nitrogens with one attached hydrogen (secondary N) is 2. The van der Waals surface area contributed by atoms with Gasteiger partial charge in [-0.15, -0.1) is 0 Å². The van der Waals surface area contributed by atoms with Crippen LogP contribution in [0.5, 0.6) is 0 Å². The zero-order chi connectivity index (χ0) is 14.2. The average molecular weight is 283 g/mol. The second-order valence-corrected chi connectivity index (χ2v) is 6.31. The number of nitrogens with zero attached hydrogens (tertiary/aromatic N) is 1. The Labute approximate surface area is 124 Å². The van der Waals surface area contributed by atoms with Gasteiger partial charge < -0.3 is 10.4 Å². The van der Waals surface area contributed by atoms with Crippen molar-refractivity contribution in [2.45, 2.75) is 43.9 Å². The van der Waals surface area contributed by atoms with E-state index in [-0.39, 0.29) is 6.10 Å². The minimum Gasteiger partial charge on any atom is -0.393 e. The number of hydrogen-bond donors (Lipinski definition) is 3. The van der Waals surface area contributed by atoms with Crippen molar-refractivity contribution >= 4 is 0 Å². The molecule has 2 bridgehead atoms. The topological polar surface area (TPSA) is 60.9 Å². The molecule has 1 heterocycles. The minimum absolute atomic E-state index is 0.186. The fourth-order valence-electron chi connectivity index (χ4n) is 4.13. The van der Waals surface area contributed by atoms with Gasteiger partial charge in [0.15, 0.2) is 0 Å². The quantitative estimate of drug-likeness (QED) is 0.807. The van der Waals surface area contributed by atoms with E-state index in [4.69, 9.17) is 0 Å². The molecule has 1 aromatic heterocycles. The van der Waals surface area contributed by atoms with Crippen molar-refractivity contribution in [3.8, 4) is 0 Å². The first-order valence-corrected chi connectivity index (χ1v) is 7.80. The molecule has 3 N–H and O–H groups in total. The molecule has 0 saturated heterocycles. The van der Waals surface area contributed by atoms with Crippen molar-refractivity contribution in [2.75, 3.05) is 0 Å². The van der Waals surface area contributed by atoms with Crippen LogP contribution in [0.1, 0.15) is 35.6 Å². The van der Waals surface area contributed by atoms with Crippen LogP contribution in [-0.4, -0.2) is 27.4 Å². The molecule has 0 radical (unpaired) electrons. The van der Waals surface area contributed by atoms with Crippen LogP contribution in [0.15, 0.2) is 36.5 Å². The molecule has 4 atom stereocenters. The molecule has 2 aliphatic carbocycles. The lowest BCUT2D eigenvalue weighted by Crippen LogP contribution is -2.52. The van der Waals surface area contributed by atoms with Crippen LogP contribution in [0, 0.1) is 5.92 Å². The van der Waals surface area contributed by atoms with E-state index < -0.39 is 0 Å². The Bertz CT molecular complexity index is 610. The van der Waals surface area contributed by atoms with Gasteiger partial charge in [0.1, 0.15) is 0 Å². The van der Waals surface area contributed by atoms with Crippen molar-refractivity contribution in [1.29, 1.82) is 0 Å². The summed E-state index contributed by atoms with van der Waals surface area (Å²) in [6, 6.07) is 11.1. The highest BCUT2D eigenvalue weighted by Gasteiger charge is 2.43. The van der Waals surface area contributed by atoms with Gasteiger partial charge in [-0.2, -0.15) is 5.10 Å². The van der Waals surface area contributed by atoms with Gasteiger partial charge in [0.2, 0.25) is 0 Å². The van der Waals surface area contributed by atoms with Gasteiger partial charge in [-0.05, 0) is 42.4 Å². The molecule has 0 spiro atoms. The Kier molecular flexibility index (Phi) is 3.28. The van der Waals surface area contributed by atoms with Gasteiger partial charge in [-0.1, -0.05) is 24.3 Å². The summed E-state index contributed by atoms with van der Waals surface area (Å²) in [5.41, 5.74) is 4.00. The van der Waals surface area contributed by atoms with Gasteiger partial charge in [0, 0.05) is 30.4 Å². The molecule has 21 heavy (non-hydrogen) atoms. The van der Waals surface area contributed by atoms with E-state index in [2.05, 4.69) is 39.8 Å². The van der Waals surface area contributed by atoms with Crippen molar-refractivity contribution in [3.63, 3.8) is 0 Å². The normalized spacial score (nSPS) is 30.9. The Hall–Kier alpha value is -1.65. The summed E-state index contributed by atoms with van der Waals surface area (Å²) in [6.45, 7) is 0.784. The molecule has 4 heteroatoms. The monoisotopic (exact) mass is 283 g/mol. The molecular weight excluding hydrogens is 262 g/mol. The van der Waals surface area contributed by atoms with Crippen LogP contribution in [0.4, 0.5) is 0 Å². The Balaban J connectivity index is 1.60. The van der Waals surface area contributed by atoms with E-state index in [0.29, 0.717) is 17.9 Å². The lowest BCUT2D eigenvalue weighted by atomic mass is 9.64. The number of rotatable bonds is 3. The first-order chi connectivity index (χ1) is 10.3. The minimum atomic E-state index is -0.186. The molecule has 1 fully saturated rings. The summed E-state index contributed by atoms with van der Waals surface area (Å²) in [6.07, 6.45) is 4.56. The lowest BCUT2D eigenvalue weighted by molar-refractivity contribution is 0.0300. The first-order valence-electron chi connectivity index (χ1n) is 7.80. The fraction of sp³-hybridized carbons (Fsp3) is 0.471. The highest BCUT2D eigenvalue weighted by Crippen LogP contribution is 2.44. The number of benzene rings is 1. The SMILES string of the molecule is OC1CCC2c3ccccc3CC1C2NCc1ccn[nH]1. The average Bonchev–Trinajstić information content (AvgIpc) is 3.02. The van der Waals surface area contributed by atoms with Crippen molar-refractivity contribution < 1.29 is 5.11 Å². The predicted molar refractivity (Wildman–Crippen MR) is 80.8 cm³/mol. The maximum Gasteiger partial charge on any atom is 0.0586 e. The summed E-state index contributed by atoms with van der Waals surface area (Å²) < 4.78 is 0. The van der Waals surface area contributed by atoms with Gasteiger partial charge in [-0.3, -0.25) is 5.10 Å². The van der Waals surface area contributed by atoms with Crippen LogP contribution >= 0.6 is 0 Å². The maximum absolute atomic E-state index is 10.4. The Morgan fingerprint density at radius 1 is 1.24 bits per heavy atom. The zero-order valence-electron chi connectivity index (χ0n) is 12.0. The number of aromatic amines is 1. The third-order valence-electron chi connectivity index (χ3n) is 5.16. The molecule has 0 aliphatic heterocycles. The van der Waals surface area contributed by atoms with E-state index >= 15 is 0 Å². The molecule has 4 unspecified atom stereocenters. The van der Waals surface area contributed by atoms with E-state index in [1.807, 2.05) is 6.07 Å². The van der Waals surface area contributed by atoms with E-state index in [1.165, 1.54) is 11.1 Å². The number of aliphatic hydroxyl groups is 1. The Morgan fingerprint density at radius 3 is 3.00 bits per heavy atom. The molecule has 0 amide bonds. The highest BCUT2D eigenvalue weighted by atomic mass is 16.3. The van der Waals surface area contributed by atoms with Crippen LogP contribution < -0.4 is 5.32 Å². The number of aliphatic hydroxyl groups excluding tert-OH is 1. The lowest BCUT2D eigenvalue weighted by Gasteiger charge is -2.46. The van der Waals surface area contributed by atoms with Crippen LogP contribution in [0.2, 0.25) is 0 Å². The summed E-state index contributed by atoms with van der Waals surface area (Å²) >= 11 is 0. The van der Waals surface area contributed by atoms with Crippen molar-refractivity contribution in [2.24, 2.45) is 5.92 Å². The van der Waals surface area contributed by atoms with Crippen molar-refractivity contribution in [3.05, 3.63) is 53.3 Å². The summed E-state index contributed by atoms with van der Waals surface area (Å²) in [7, 11) is 0. The van der Waals surface area contributed by atoms with Gasteiger partial charge in [-0.25, -0.2) is 0 Å². The third-order valence-corrected chi connectivity index (χ3v) is 5.16. The summed E-state index contributed by atoms with van der Waals surface area (Å²) in [5.74, 6) is 0.841. The molecule has 4 nitrogen and oxygen atoms in total.